The van der Waals surface area contributed by atoms with Crippen molar-refractivity contribution in [2.24, 2.45) is 10.4 Å². The second kappa shape index (κ2) is 8.73. The molecule has 0 radical (unpaired) electrons. The Balaban J connectivity index is 1.58. The van der Waals surface area contributed by atoms with Gasteiger partial charge in [-0.3, -0.25) is 4.79 Å². The number of carboxylic acid groups (broad SMARTS) is 1. The van der Waals surface area contributed by atoms with Crippen LogP contribution in [0.2, 0.25) is 0 Å². The van der Waals surface area contributed by atoms with Crippen molar-refractivity contribution in [2.75, 3.05) is 6.61 Å². The fourth-order valence-corrected chi connectivity index (χ4v) is 2.74. The van der Waals surface area contributed by atoms with Gasteiger partial charge in [-0.05, 0) is 62.6 Å². The van der Waals surface area contributed by atoms with Gasteiger partial charge >= 0.3 is 11.9 Å². The lowest BCUT2D eigenvalue weighted by molar-refractivity contribution is -0.147. The zero-order chi connectivity index (χ0) is 20.9. The number of hydrogen-bond acceptors (Lipinski definition) is 5. The maximum absolute atomic E-state index is 12.1. The molecule has 1 heterocycles. The van der Waals surface area contributed by atoms with E-state index in [4.69, 9.17) is 14.6 Å². The predicted octanol–water partition coefficient (Wildman–Crippen LogP) is 4.30. The molecule has 0 spiro atoms. The Labute approximate surface area is 169 Å². The summed E-state index contributed by atoms with van der Waals surface area (Å²) in [5.74, 6) is -0.308. The Morgan fingerprint density at radius 2 is 1.83 bits per heavy atom. The fourth-order valence-electron chi connectivity index (χ4n) is 2.74. The molecule has 0 saturated heterocycles. The lowest BCUT2D eigenvalue weighted by atomic mass is 9.88. The molecule has 1 aliphatic heterocycles. The topological polar surface area (TPSA) is 85.2 Å². The summed E-state index contributed by atoms with van der Waals surface area (Å²) in [7, 11) is 0. The first kappa shape index (κ1) is 20.3. The van der Waals surface area contributed by atoms with Crippen LogP contribution in [-0.2, 0) is 14.3 Å². The van der Waals surface area contributed by atoms with Crippen LogP contribution in [-0.4, -0.2) is 29.5 Å². The second-order valence-corrected chi connectivity index (χ2v) is 7.41. The number of rotatable bonds is 8. The Morgan fingerprint density at radius 3 is 2.48 bits per heavy atom. The zero-order valence-electron chi connectivity index (χ0n) is 16.4. The molecule has 2 aromatic carbocycles. The van der Waals surface area contributed by atoms with Crippen LogP contribution in [0, 0.1) is 5.41 Å². The van der Waals surface area contributed by atoms with Gasteiger partial charge in [-0.1, -0.05) is 30.3 Å². The van der Waals surface area contributed by atoms with Gasteiger partial charge in [0, 0.05) is 5.56 Å². The van der Waals surface area contributed by atoms with E-state index in [9.17, 15) is 9.59 Å². The largest absolute Gasteiger partial charge is 0.494 e. The van der Waals surface area contributed by atoms with Crippen LogP contribution in [0.15, 0.2) is 65.3 Å². The molecule has 3 rings (SSSR count). The molecule has 0 saturated carbocycles. The predicted molar refractivity (Wildman–Crippen MR) is 110 cm³/mol. The standard InChI is InChI=1S/C23H23NO5/c1-23(2,22(26)27)13-6-14-28-18-11-9-16(10-12-18)15-19-21(25)29-20(24-19)17-7-4-3-5-8-17/h3-5,7-12,15H,6,13-14H2,1-2H3,(H,26,27)/b19-15+. The lowest BCUT2D eigenvalue weighted by Crippen LogP contribution is -2.24. The van der Waals surface area contributed by atoms with Gasteiger partial charge in [-0.25, -0.2) is 9.79 Å². The molecule has 1 N–H and O–H groups in total. The van der Waals surface area contributed by atoms with E-state index in [1.807, 2.05) is 42.5 Å². The average Bonchev–Trinajstić information content (AvgIpc) is 3.07. The van der Waals surface area contributed by atoms with Crippen molar-refractivity contribution in [3.8, 4) is 5.75 Å². The molecular formula is C23H23NO5. The highest BCUT2D eigenvalue weighted by molar-refractivity contribution is 6.12. The van der Waals surface area contributed by atoms with Crippen molar-refractivity contribution >= 4 is 23.9 Å². The van der Waals surface area contributed by atoms with Crippen LogP contribution in [0.25, 0.3) is 6.08 Å². The third-order valence-electron chi connectivity index (χ3n) is 4.62. The number of carbonyl (C=O) groups is 2. The Kier molecular flexibility index (Phi) is 6.12. The van der Waals surface area contributed by atoms with Crippen molar-refractivity contribution in [1.82, 2.24) is 0 Å². The van der Waals surface area contributed by atoms with Gasteiger partial charge in [-0.15, -0.1) is 0 Å². The molecule has 0 atom stereocenters. The van der Waals surface area contributed by atoms with E-state index in [2.05, 4.69) is 4.99 Å². The van der Waals surface area contributed by atoms with E-state index in [-0.39, 0.29) is 5.70 Å². The molecule has 2 aromatic rings. The molecule has 6 nitrogen and oxygen atoms in total. The SMILES string of the molecule is CC(C)(CCCOc1ccc(/C=C2/N=C(c3ccccc3)OC2=O)cc1)C(=O)O. The van der Waals surface area contributed by atoms with E-state index in [0.717, 1.165) is 11.1 Å². The third-order valence-corrected chi connectivity index (χ3v) is 4.62. The first-order chi connectivity index (χ1) is 13.8. The minimum absolute atomic E-state index is 0.244. The Bertz CT molecular complexity index is 943. The summed E-state index contributed by atoms with van der Waals surface area (Å²) in [5.41, 5.74) is 1.04. The molecule has 29 heavy (non-hydrogen) atoms. The number of benzene rings is 2. The number of nitrogens with zero attached hydrogens (tertiary/aromatic N) is 1. The molecule has 0 fully saturated rings. The summed E-state index contributed by atoms with van der Waals surface area (Å²) >= 11 is 0. The summed E-state index contributed by atoms with van der Waals surface area (Å²) in [6, 6.07) is 16.5. The van der Waals surface area contributed by atoms with Crippen LogP contribution < -0.4 is 4.74 Å². The smallest absolute Gasteiger partial charge is 0.363 e. The molecule has 0 aromatic heterocycles. The van der Waals surface area contributed by atoms with Crippen LogP contribution in [0.5, 0.6) is 5.75 Å². The van der Waals surface area contributed by atoms with Crippen LogP contribution in [0.4, 0.5) is 0 Å². The van der Waals surface area contributed by atoms with Gasteiger partial charge in [0.2, 0.25) is 5.90 Å². The minimum Gasteiger partial charge on any atom is -0.494 e. The van der Waals surface area contributed by atoms with E-state index in [1.165, 1.54) is 0 Å². The second-order valence-electron chi connectivity index (χ2n) is 7.41. The number of aliphatic imine (C=N–C) groups is 1. The molecule has 0 aliphatic carbocycles. The number of ether oxygens (including phenoxy) is 2. The van der Waals surface area contributed by atoms with Crippen molar-refractivity contribution < 1.29 is 24.2 Å². The highest BCUT2D eigenvalue weighted by atomic mass is 16.6. The van der Waals surface area contributed by atoms with Gasteiger partial charge in [0.05, 0.1) is 12.0 Å². The maximum Gasteiger partial charge on any atom is 0.363 e. The molecule has 1 aliphatic rings. The van der Waals surface area contributed by atoms with Gasteiger partial charge in [0.15, 0.2) is 5.70 Å². The molecule has 0 bridgehead atoms. The van der Waals surface area contributed by atoms with Crippen molar-refractivity contribution in [3.05, 3.63) is 71.4 Å². The maximum atomic E-state index is 12.1. The molecule has 0 unspecified atom stereocenters. The van der Waals surface area contributed by atoms with Crippen molar-refractivity contribution in [1.29, 1.82) is 0 Å². The van der Waals surface area contributed by atoms with Crippen molar-refractivity contribution in [3.63, 3.8) is 0 Å². The summed E-state index contributed by atoms with van der Waals surface area (Å²) in [5, 5.41) is 9.12. The zero-order valence-corrected chi connectivity index (χ0v) is 16.4. The van der Waals surface area contributed by atoms with Gasteiger partial charge < -0.3 is 14.6 Å². The number of esters is 1. The Morgan fingerprint density at radius 1 is 1.14 bits per heavy atom. The summed E-state index contributed by atoms with van der Waals surface area (Å²) in [6.07, 6.45) is 2.85. The summed E-state index contributed by atoms with van der Waals surface area (Å²) < 4.78 is 10.9. The minimum atomic E-state index is -0.807. The van der Waals surface area contributed by atoms with Crippen LogP contribution >= 0.6 is 0 Å². The number of carboxylic acids is 1. The van der Waals surface area contributed by atoms with Gasteiger partial charge in [-0.2, -0.15) is 0 Å². The molecular weight excluding hydrogens is 370 g/mol. The number of aliphatic carboxylic acids is 1. The normalized spacial score (nSPS) is 15.2. The number of hydrogen-bond donors (Lipinski definition) is 1. The highest BCUT2D eigenvalue weighted by Gasteiger charge is 2.26. The molecule has 6 heteroatoms. The quantitative estimate of drug-likeness (QED) is 0.411. The number of cyclic esters (lactones) is 1. The summed E-state index contributed by atoms with van der Waals surface area (Å²) in [6.45, 7) is 3.85. The summed E-state index contributed by atoms with van der Waals surface area (Å²) in [4.78, 5) is 27.4. The highest BCUT2D eigenvalue weighted by Crippen LogP contribution is 2.23. The average molecular weight is 393 g/mol. The van der Waals surface area contributed by atoms with E-state index in [0.29, 0.717) is 31.1 Å². The van der Waals surface area contributed by atoms with Crippen LogP contribution in [0.1, 0.15) is 37.8 Å². The third kappa shape index (κ3) is 5.31. The lowest BCUT2D eigenvalue weighted by Gasteiger charge is -2.18. The molecule has 0 amide bonds. The van der Waals surface area contributed by atoms with Gasteiger partial charge in [0.1, 0.15) is 5.75 Å². The van der Waals surface area contributed by atoms with E-state index < -0.39 is 17.4 Å². The first-order valence-electron chi connectivity index (χ1n) is 9.39. The monoisotopic (exact) mass is 393 g/mol. The Hall–Kier alpha value is -3.41. The van der Waals surface area contributed by atoms with Gasteiger partial charge in [0.25, 0.3) is 0 Å². The van der Waals surface area contributed by atoms with Crippen molar-refractivity contribution in [2.45, 2.75) is 26.7 Å². The molecule has 150 valence electrons. The number of carbonyl (C=O) groups excluding carboxylic acids is 1. The van der Waals surface area contributed by atoms with Crippen LogP contribution in [0.3, 0.4) is 0 Å². The van der Waals surface area contributed by atoms with E-state index >= 15 is 0 Å². The fraction of sp³-hybridized carbons (Fsp3) is 0.261. The van der Waals surface area contributed by atoms with E-state index in [1.54, 1.807) is 32.1 Å². The first-order valence-corrected chi connectivity index (χ1v) is 9.39.